The Balaban J connectivity index is 1.69. The Hall–Kier alpha value is -3.12. The molecule has 1 aliphatic rings. The molecule has 1 amide bonds. The number of carbonyl (C=O) groups is 1. The van der Waals surface area contributed by atoms with Crippen LogP contribution in [0.3, 0.4) is 0 Å². The molecule has 1 heterocycles. The van der Waals surface area contributed by atoms with Crippen molar-refractivity contribution in [3.63, 3.8) is 0 Å². The minimum absolute atomic E-state index is 0.0444. The fourth-order valence-corrected chi connectivity index (χ4v) is 4.41. The second-order valence-corrected chi connectivity index (χ2v) is 8.12. The fraction of sp³-hybridized carbons (Fsp3) is 0.136. The van der Waals surface area contributed by atoms with Gasteiger partial charge < -0.3 is 4.18 Å². The van der Waals surface area contributed by atoms with Gasteiger partial charge in [-0.25, -0.2) is 4.79 Å². The number of hydrogen-bond acceptors (Lipinski definition) is 4. The summed E-state index contributed by atoms with van der Waals surface area (Å²) in [5.41, 5.74) is 3.03. The Morgan fingerprint density at radius 2 is 1.46 bits per heavy atom. The van der Waals surface area contributed by atoms with E-state index in [-0.39, 0.29) is 4.90 Å². The van der Waals surface area contributed by atoms with Gasteiger partial charge >= 0.3 is 16.2 Å². The van der Waals surface area contributed by atoms with Crippen molar-refractivity contribution < 1.29 is 17.4 Å². The minimum Gasteiger partial charge on any atom is -0.324 e. The van der Waals surface area contributed by atoms with Gasteiger partial charge in [0.1, 0.15) is 4.90 Å². The molecule has 0 spiro atoms. The molecule has 1 aliphatic heterocycles. The molecule has 0 radical (unpaired) electrons. The van der Waals surface area contributed by atoms with Crippen LogP contribution in [0, 0.1) is 0 Å². The summed E-state index contributed by atoms with van der Waals surface area (Å²) in [5, 5.41) is 0. The van der Waals surface area contributed by atoms with Gasteiger partial charge in [-0.05, 0) is 35.2 Å². The Morgan fingerprint density at radius 3 is 2.18 bits per heavy atom. The first-order valence-electron chi connectivity index (χ1n) is 8.99. The quantitative estimate of drug-likeness (QED) is 0.627. The molecule has 5 nitrogen and oxygen atoms in total. The molecule has 0 aliphatic carbocycles. The Morgan fingerprint density at radius 1 is 0.857 bits per heavy atom. The van der Waals surface area contributed by atoms with E-state index < -0.39 is 22.3 Å². The standard InChI is InChI=1S/C22H19NO4S/c24-22(27-28(25,26)19-12-5-2-6-13-19)23-16-15-17-9-7-8-14-20(17)21(23)18-10-3-1-4-11-18/h1-14,21H,15-16H2/t21-/m1/s1. The highest BCUT2D eigenvalue weighted by Crippen LogP contribution is 2.35. The predicted molar refractivity (Wildman–Crippen MR) is 105 cm³/mol. The molecular weight excluding hydrogens is 374 g/mol. The van der Waals surface area contributed by atoms with E-state index in [1.54, 1.807) is 18.2 Å². The average Bonchev–Trinajstić information content (AvgIpc) is 2.74. The second kappa shape index (κ2) is 7.48. The van der Waals surface area contributed by atoms with E-state index in [1.165, 1.54) is 17.0 Å². The largest absolute Gasteiger partial charge is 0.426 e. The van der Waals surface area contributed by atoms with E-state index in [2.05, 4.69) is 0 Å². The van der Waals surface area contributed by atoms with E-state index >= 15 is 0 Å². The average molecular weight is 393 g/mol. The van der Waals surface area contributed by atoms with Crippen molar-refractivity contribution in [3.05, 3.63) is 102 Å². The predicted octanol–water partition coefficient (Wildman–Crippen LogP) is 4.16. The number of nitrogens with zero attached hydrogens (tertiary/aromatic N) is 1. The van der Waals surface area contributed by atoms with Gasteiger partial charge in [0, 0.05) is 6.54 Å². The lowest BCUT2D eigenvalue weighted by Crippen LogP contribution is -2.41. The Kier molecular flexibility index (Phi) is 4.88. The zero-order valence-corrected chi connectivity index (χ0v) is 15.9. The van der Waals surface area contributed by atoms with Crippen molar-refractivity contribution in [2.75, 3.05) is 6.54 Å². The van der Waals surface area contributed by atoms with Crippen molar-refractivity contribution in [1.82, 2.24) is 4.90 Å². The molecule has 0 saturated heterocycles. The summed E-state index contributed by atoms with van der Waals surface area (Å²) in [4.78, 5) is 14.3. The maximum absolute atomic E-state index is 12.9. The van der Waals surface area contributed by atoms with Crippen LogP contribution in [0.25, 0.3) is 0 Å². The summed E-state index contributed by atoms with van der Waals surface area (Å²) in [6, 6.07) is 24.7. The Labute approximate surface area is 164 Å². The van der Waals surface area contributed by atoms with E-state index in [9.17, 15) is 13.2 Å². The van der Waals surface area contributed by atoms with Gasteiger partial charge in [-0.3, -0.25) is 4.90 Å². The molecule has 0 bridgehead atoms. The number of amides is 1. The molecule has 28 heavy (non-hydrogen) atoms. The van der Waals surface area contributed by atoms with Gasteiger partial charge in [-0.15, -0.1) is 0 Å². The van der Waals surface area contributed by atoms with Crippen LogP contribution in [0.4, 0.5) is 4.79 Å². The van der Waals surface area contributed by atoms with Gasteiger partial charge in [0.2, 0.25) is 0 Å². The molecule has 0 saturated carbocycles. The van der Waals surface area contributed by atoms with Gasteiger partial charge in [0.05, 0.1) is 6.04 Å². The zero-order valence-electron chi connectivity index (χ0n) is 15.1. The fourth-order valence-electron chi connectivity index (χ4n) is 3.54. The topological polar surface area (TPSA) is 63.7 Å². The molecule has 0 unspecified atom stereocenters. The third kappa shape index (κ3) is 3.51. The first-order chi connectivity index (χ1) is 13.6. The third-order valence-corrected chi connectivity index (χ3v) is 6.06. The molecule has 0 aromatic heterocycles. The van der Waals surface area contributed by atoms with E-state index in [0.29, 0.717) is 13.0 Å². The van der Waals surface area contributed by atoms with Crippen LogP contribution in [0.1, 0.15) is 22.7 Å². The van der Waals surface area contributed by atoms with E-state index in [4.69, 9.17) is 4.18 Å². The SMILES string of the molecule is O=C(OS(=O)(=O)c1ccccc1)N1CCc2ccccc2[C@H]1c1ccccc1. The first kappa shape index (κ1) is 18.3. The van der Waals surface area contributed by atoms with Crippen LogP contribution in [0.5, 0.6) is 0 Å². The number of rotatable bonds is 3. The third-order valence-electron chi connectivity index (χ3n) is 4.85. The van der Waals surface area contributed by atoms with Crippen LogP contribution in [0.15, 0.2) is 89.8 Å². The van der Waals surface area contributed by atoms with Crippen LogP contribution in [0.2, 0.25) is 0 Å². The number of benzene rings is 3. The number of hydrogen-bond donors (Lipinski definition) is 0. The maximum atomic E-state index is 12.9. The zero-order chi connectivity index (χ0) is 19.6. The lowest BCUT2D eigenvalue weighted by Gasteiger charge is -2.36. The van der Waals surface area contributed by atoms with Crippen molar-refractivity contribution in [1.29, 1.82) is 0 Å². The number of carbonyl (C=O) groups excluding carboxylic acids is 1. The van der Waals surface area contributed by atoms with Crippen molar-refractivity contribution >= 4 is 16.2 Å². The van der Waals surface area contributed by atoms with Gasteiger partial charge in [0.25, 0.3) is 0 Å². The monoisotopic (exact) mass is 393 g/mol. The summed E-state index contributed by atoms with van der Waals surface area (Å²) in [7, 11) is -4.18. The normalized spacial score (nSPS) is 16.3. The van der Waals surface area contributed by atoms with E-state index in [1.807, 2.05) is 54.6 Å². The van der Waals surface area contributed by atoms with Crippen LogP contribution < -0.4 is 0 Å². The summed E-state index contributed by atoms with van der Waals surface area (Å²) in [6.45, 7) is 0.375. The molecule has 3 aromatic rings. The van der Waals surface area contributed by atoms with Gasteiger partial charge in [0.15, 0.2) is 0 Å². The highest BCUT2D eigenvalue weighted by atomic mass is 32.2. The van der Waals surface area contributed by atoms with Crippen molar-refractivity contribution in [2.24, 2.45) is 0 Å². The highest BCUT2D eigenvalue weighted by molar-refractivity contribution is 7.87. The van der Waals surface area contributed by atoms with Crippen LogP contribution >= 0.6 is 0 Å². The Bertz CT molecular complexity index is 1080. The summed E-state index contributed by atoms with van der Waals surface area (Å²) < 4.78 is 30.0. The molecular formula is C22H19NO4S. The minimum atomic E-state index is -4.18. The molecule has 6 heteroatoms. The maximum Gasteiger partial charge on any atom is 0.426 e. The van der Waals surface area contributed by atoms with Crippen LogP contribution in [-0.4, -0.2) is 26.0 Å². The number of fused-ring (bicyclic) bond motifs is 1. The summed E-state index contributed by atoms with van der Waals surface area (Å²) >= 11 is 0. The molecule has 0 fully saturated rings. The second-order valence-electron chi connectivity index (χ2n) is 6.57. The van der Waals surface area contributed by atoms with E-state index in [0.717, 1.165) is 16.7 Å². The molecule has 142 valence electrons. The lowest BCUT2D eigenvalue weighted by molar-refractivity contribution is 0.138. The van der Waals surface area contributed by atoms with Gasteiger partial charge in [-0.2, -0.15) is 8.42 Å². The molecule has 1 atom stereocenters. The molecule has 0 N–H and O–H groups in total. The van der Waals surface area contributed by atoms with Crippen molar-refractivity contribution in [3.8, 4) is 0 Å². The summed E-state index contributed by atoms with van der Waals surface area (Å²) in [6.07, 6.45) is -0.229. The highest BCUT2D eigenvalue weighted by Gasteiger charge is 2.35. The van der Waals surface area contributed by atoms with Crippen molar-refractivity contribution in [2.45, 2.75) is 17.4 Å². The van der Waals surface area contributed by atoms with Gasteiger partial charge in [-0.1, -0.05) is 72.8 Å². The summed E-state index contributed by atoms with van der Waals surface area (Å²) in [5.74, 6) is 0. The smallest absolute Gasteiger partial charge is 0.324 e. The first-order valence-corrected chi connectivity index (χ1v) is 10.4. The lowest BCUT2D eigenvalue weighted by atomic mass is 9.88. The molecule has 4 rings (SSSR count). The van der Waals surface area contributed by atoms with Crippen LogP contribution in [-0.2, 0) is 20.7 Å². The molecule has 3 aromatic carbocycles.